The van der Waals surface area contributed by atoms with Crippen LogP contribution in [0.15, 0.2) is 48.5 Å². The maximum Gasteiger partial charge on any atom is 0.248 e. The first-order chi connectivity index (χ1) is 10.2. The van der Waals surface area contributed by atoms with Gasteiger partial charge < -0.3 is 14.8 Å². The van der Waals surface area contributed by atoms with Gasteiger partial charge in [-0.2, -0.15) is 0 Å². The zero-order valence-electron chi connectivity index (χ0n) is 11.3. The van der Waals surface area contributed by atoms with Crippen molar-refractivity contribution in [2.75, 3.05) is 12.1 Å². The lowest BCUT2D eigenvalue weighted by atomic mass is 10.2. The average Bonchev–Trinajstić information content (AvgIpc) is 2.95. The maximum absolute atomic E-state index is 11.8. The number of ether oxygens (including phenoxy) is 2. The van der Waals surface area contributed by atoms with Crippen molar-refractivity contribution >= 4 is 17.7 Å². The minimum atomic E-state index is -0.190. The van der Waals surface area contributed by atoms with Crippen molar-refractivity contribution < 1.29 is 14.3 Å². The molecule has 1 N–H and O–H groups in total. The van der Waals surface area contributed by atoms with Crippen molar-refractivity contribution in [2.24, 2.45) is 0 Å². The van der Waals surface area contributed by atoms with E-state index in [1.165, 1.54) is 6.08 Å². The zero-order chi connectivity index (χ0) is 14.7. The first kappa shape index (κ1) is 13.2. The van der Waals surface area contributed by atoms with Gasteiger partial charge in [0.15, 0.2) is 11.5 Å². The van der Waals surface area contributed by atoms with Crippen LogP contribution in [-0.2, 0) is 4.79 Å². The van der Waals surface area contributed by atoms with Crippen molar-refractivity contribution in [3.8, 4) is 11.5 Å². The van der Waals surface area contributed by atoms with Gasteiger partial charge in [0.25, 0.3) is 0 Å². The monoisotopic (exact) mass is 280 g/mol. The van der Waals surface area contributed by atoms with Gasteiger partial charge >= 0.3 is 0 Å². The number of hydrogen-bond acceptors (Lipinski definition) is 3. The fraction of sp³-hybridized carbons (Fsp3) is 0.0588. The van der Waals surface area contributed by atoms with Crippen molar-refractivity contribution in [2.45, 2.75) is 0 Å². The molecule has 0 aromatic heterocycles. The summed E-state index contributed by atoms with van der Waals surface area (Å²) in [6, 6.07) is 12.9. The molecule has 0 saturated carbocycles. The Hall–Kier alpha value is -2.75. The third kappa shape index (κ3) is 3.23. The van der Waals surface area contributed by atoms with Crippen LogP contribution >= 0.6 is 0 Å². The highest BCUT2D eigenvalue weighted by Crippen LogP contribution is 2.32. The summed E-state index contributed by atoms with van der Waals surface area (Å²) in [6.07, 6.45) is 3.21. The molecular formula is C17H14NO3. The van der Waals surface area contributed by atoms with Crippen LogP contribution in [-0.4, -0.2) is 12.7 Å². The number of anilines is 1. The van der Waals surface area contributed by atoms with E-state index in [4.69, 9.17) is 9.47 Å². The van der Waals surface area contributed by atoms with Gasteiger partial charge in [-0.15, -0.1) is 0 Å². The Bertz CT molecular complexity index is 690. The third-order valence-corrected chi connectivity index (χ3v) is 3.05. The number of nitrogens with one attached hydrogen (secondary N) is 1. The summed E-state index contributed by atoms with van der Waals surface area (Å²) in [4.78, 5) is 11.8. The molecule has 1 radical (unpaired) electrons. The molecule has 1 aliphatic rings. The number of fused-ring (bicyclic) bond motifs is 1. The van der Waals surface area contributed by atoms with Crippen LogP contribution < -0.4 is 14.8 Å². The lowest BCUT2D eigenvalue weighted by Crippen LogP contribution is -2.07. The summed E-state index contributed by atoms with van der Waals surface area (Å²) < 4.78 is 10.5. The molecule has 21 heavy (non-hydrogen) atoms. The molecule has 1 amide bonds. The molecule has 0 fully saturated rings. The zero-order valence-corrected chi connectivity index (χ0v) is 11.3. The number of carbonyl (C=O) groups excluding carboxylic acids is 1. The van der Waals surface area contributed by atoms with E-state index in [1.54, 1.807) is 6.08 Å². The van der Waals surface area contributed by atoms with E-state index in [9.17, 15) is 4.79 Å². The molecule has 0 saturated heterocycles. The SMILES string of the molecule is [CH2]c1ccc(NC(=O)C=Cc2ccc3c(c2)OCO3)cc1. The van der Waals surface area contributed by atoms with E-state index in [2.05, 4.69) is 12.2 Å². The van der Waals surface area contributed by atoms with Crippen LogP contribution in [0.2, 0.25) is 0 Å². The standard InChI is InChI=1S/C17H14NO3/c1-12-2-6-14(7-3-12)18-17(19)9-5-13-4-8-15-16(10-13)21-11-20-15/h2-10H,1,11H2,(H,18,19). The summed E-state index contributed by atoms with van der Waals surface area (Å²) in [5.74, 6) is 1.23. The number of carbonyl (C=O) groups is 1. The maximum atomic E-state index is 11.8. The molecule has 0 spiro atoms. The van der Waals surface area contributed by atoms with E-state index in [0.717, 1.165) is 22.6 Å². The largest absolute Gasteiger partial charge is 0.454 e. The van der Waals surface area contributed by atoms with Gasteiger partial charge in [0, 0.05) is 11.8 Å². The van der Waals surface area contributed by atoms with Crippen LogP contribution in [0.5, 0.6) is 11.5 Å². The van der Waals surface area contributed by atoms with E-state index in [0.29, 0.717) is 5.75 Å². The minimum Gasteiger partial charge on any atom is -0.454 e. The van der Waals surface area contributed by atoms with Crippen LogP contribution in [0, 0.1) is 6.92 Å². The highest BCUT2D eigenvalue weighted by molar-refractivity contribution is 6.01. The van der Waals surface area contributed by atoms with Crippen LogP contribution in [0.1, 0.15) is 11.1 Å². The third-order valence-electron chi connectivity index (χ3n) is 3.05. The second-order valence-corrected chi connectivity index (χ2v) is 4.63. The highest BCUT2D eigenvalue weighted by atomic mass is 16.7. The summed E-state index contributed by atoms with van der Waals surface area (Å²) >= 11 is 0. The first-order valence-electron chi connectivity index (χ1n) is 6.51. The predicted octanol–water partition coefficient (Wildman–Crippen LogP) is 3.25. The van der Waals surface area contributed by atoms with Crippen molar-refractivity contribution in [1.29, 1.82) is 0 Å². The first-order valence-corrected chi connectivity index (χ1v) is 6.51. The lowest BCUT2D eigenvalue weighted by Gasteiger charge is -2.02. The Balaban J connectivity index is 1.65. The Kier molecular flexibility index (Phi) is 3.60. The topological polar surface area (TPSA) is 47.6 Å². The fourth-order valence-electron chi connectivity index (χ4n) is 1.96. The molecule has 0 aliphatic carbocycles. The average molecular weight is 280 g/mol. The smallest absolute Gasteiger partial charge is 0.248 e. The van der Waals surface area contributed by atoms with Crippen LogP contribution in [0.4, 0.5) is 5.69 Å². The molecule has 3 rings (SSSR count). The summed E-state index contributed by atoms with van der Waals surface area (Å²) in [6.45, 7) is 4.04. The molecule has 4 nitrogen and oxygen atoms in total. The number of rotatable bonds is 3. The molecule has 2 aromatic rings. The summed E-state index contributed by atoms with van der Waals surface area (Å²) in [7, 11) is 0. The molecule has 2 aromatic carbocycles. The van der Waals surface area contributed by atoms with Crippen LogP contribution in [0.25, 0.3) is 6.08 Å². The Morgan fingerprint density at radius 3 is 2.67 bits per heavy atom. The van der Waals surface area contributed by atoms with E-state index in [1.807, 2.05) is 42.5 Å². The number of amides is 1. The van der Waals surface area contributed by atoms with Gasteiger partial charge in [-0.05, 0) is 48.4 Å². The molecule has 0 bridgehead atoms. The number of hydrogen-bond donors (Lipinski definition) is 1. The second kappa shape index (κ2) is 5.71. The normalized spacial score (nSPS) is 12.6. The molecule has 1 aliphatic heterocycles. The number of benzene rings is 2. The minimum absolute atomic E-state index is 0.190. The summed E-state index contributed by atoms with van der Waals surface area (Å²) in [5.41, 5.74) is 2.52. The van der Waals surface area contributed by atoms with Gasteiger partial charge in [0.1, 0.15) is 0 Å². The van der Waals surface area contributed by atoms with Gasteiger partial charge in [-0.25, -0.2) is 0 Å². The van der Waals surface area contributed by atoms with Crippen LogP contribution in [0.3, 0.4) is 0 Å². The van der Waals surface area contributed by atoms with Crippen molar-refractivity contribution in [3.63, 3.8) is 0 Å². The summed E-state index contributed by atoms with van der Waals surface area (Å²) in [5, 5.41) is 2.78. The Morgan fingerprint density at radius 2 is 1.86 bits per heavy atom. The van der Waals surface area contributed by atoms with E-state index < -0.39 is 0 Å². The van der Waals surface area contributed by atoms with E-state index in [-0.39, 0.29) is 12.7 Å². The van der Waals surface area contributed by atoms with Gasteiger partial charge in [0.2, 0.25) is 12.7 Å². The van der Waals surface area contributed by atoms with Gasteiger partial charge in [-0.3, -0.25) is 4.79 Å². The molecular weight excluding hydrogens is 266 g/mol. The molecule has 4 heteroatoms. The van der Waals surface area contributed by atoms with Crippen molar-refractivity contribution in [3.05, 3.63) is 66.6 Å². The molecule has 0 atom stereocenters. The van der Waals surface area contributed by atoms with E-state index >= 15 is 0 Å². The highest BCUT2D eigenvalue weighted by Gasteiger charge is 2.12. The Morgan fingerprint density at radius 1 is 1.10 bits per heavy atom. The van der Waals surface area contributed by atoms with Gasteiger partial charge in [0.05, 0.1) is 0 Å². The van der Waals surface area contributed by atoms with Gasteiger partial charge in [-0.1, -0.05) is 18.2 Å². The second-order valence-electron chi connectivity index (χ2n) is 4.63. The molecule has 105 valence electrons. The predicted molar refractivity (Wildman–Crippen MR) is 81.1 cm³/mol. The van der Waals surface area contributed by atoms with Crippen molar-refractivity contribution in [1.82, 2.24) is 0 Å². The lowest BCUT2D eigenvalue weighted by molar-refractivity contribution is -0.111. The quantitative estimate of drug-likeness (QED) is 0.878. The molecule has 1 heterocycles. The molecule has 0 unspecified atom stereocenters. The Labute approximate surface area is 123 Å². The fourth-order valence-corrected chi connectivity index (χ4v) is 1.96.